The third-order valence-corrected chi connectivity index (χ3v) is 0. The van der Waals surface area contributed by atoms with Crippen LogP contribution in [0.25, 0.3) is 0 Å². The van der Waals surface area contributed by atoms with Crippen molar-refractivity contribution in [1.29, 1.82) is 0 Å². The van der Waals surface area contributed by atoms with Crippen molar-refractivity contribution in [3.8, 4) is 0 Å². The summed E-state index contributed by atoms with van der Waals surface area (Å²) in [6.45, 7) is 0. The molecule has 0 aliphatic rings. The molecule has 0 aromatic heterocycles. The van der Waals surface area contributed by atoms with E-state index in [1.807, 2.05) is 0 Å². The van der Waals surface area contributed by atoms with E-state index >= 15 is 0 Å². The molecular weight excluding hydrogens is 276 g/mol. The predicted molar refractivity (Wildman–Crippen MR) is 20.8 cm³/mol. The third kappa shape index (κ3) is 44.4. The molecule has 3 nitrogen and oxygen atoms in total. The van der Waals surface area contributed by atoms with Crippen molar-refractivity contribution < 1.29 is 61.0 Å². The second kappa shape index (κ2) is 9.83. The van der Waals surface area contributed by atoms with Crippen LogP contribution in [0, 0.1) is 46.9 Å². The molecule has 0 saturated carbocycles. The molecule has 0 atom stereocenters. The molecule has 0 bridgehead atoms. The summed E-state index contributed by atoms with van der Waals surface area (Å²) in [7, 11) is -3.13. The van der Waals surface area contributed by atoms with Crippen LogP contribution in [-0.4, -0.2) is 36.1 Å². The quantitative estimate of drug-likeness (QED) is 0.472. The Balaban J connectivity index is -0.0000000450. The Morgan fingerprint density at radius 1 is 1.33 bits per heavy atom. The van der Waals surface area contributed by atoms with E-state index in [0.717, 1.165) is 0 Å². The number of rotatable bonds is 0. The number of hydrogen-bond acceptors (Lipinski definition) is 1. The minimum atomic E-state index is -3.13. The van der Waals surface area contributed by atoms with Crippen LogP contribution in [-0.2, 0) is 4.46 Å². The molecule has 0 aliphatic carbocycles. The summed E-state index contributed by atoms with van der Waals surface area (Å²) in [5.41, 5.74) is 0. The van der Waals surface area contributed by atoms with E-state index in [4.69, 9.17) is 14.1 Å². The minimum absolute atomic E-state index is 0. The summed E-state index contributed by atoms with van der Waals surface area (Å²) in [5.74, 6) is 0. The van der Waals surface area contributed by atoms with Gasteiger partial charge < -0.3 is 9.59 Å². The molecule has 44 valence electrons. The van der Waals surface area contributed by atoms with Gasteiger partial charge in [0.15, 0.2) is 17.4 Å². The van der Waals surface area contributed by atoms with Crippen LogP contribution < -0.4 is 0 Å². The van der Waals surface area contributed by atoms with Crippen LogP contribution in [0.1, 0.15) is 0 Å². The van der Waals surface area contributed by atoms with Crippen LogP contribution in [0.5, 0.6) is 0 Å². The van der Waals surface area contributed by atoms with Gasteiger partial charge in [0.1, 0.15) is 0 Å². The van der Waals surface area contributed by atoms with Gasteiger partial charge >= 0.3 is 9.17 Å². The molecule has 0 heterocycles. The SMILES string of the molecule is O=[Si](O)O.[AlH3].[Yb]. The average Bonchev–Trinajstić information content (AvgIpc) is 0.811. The van der Waals surface area contributed by atoms with E-state index in [0.29, 0.717) is 0 Å². The van der Waals surface area contributed by atoms with Crippen molar-refractivity contribution >= 4 is 26.5 Å². The zero-order valence-corrected chi connectivity index (χ0v) is 4.78. The Kier molecular flexibility index (Phi) is 25.6. The maximum atomic E-state index is 8.74. The summed E-state index contributed by atoms with van der Waals surface area (Å²) in [5, 5.41) is 0. The van der Waals surface area contributed by atoms with E-state index in [1.165, 1.54) is 0 Å². The molecule has 0 aromatic rings. The maximum absolute atomic E-state index is 8.74. The Morgan fingerprint density at radius 3 is 1.33 bits per heavy atom. The van der Waals surface area contributed by atoms with Gasteiger partial charge in [-0.2, -0.15) is 0 Å². The Bertz CT molecular complexity index is 33.8. The average molecular weight is 281 g/mol. The van der Waals surface area contributed by atoms with Gasteiger partial charge in [-0.25, -0.2) is 0 Å². The van der Waals surface area contributed by atoms with Gasteiger partial charge in [-0.05, 0) is 0 Å². The topological polar surface area (TPSA) is 57.5 Å². The fraction of sp³-hybridized carbons (Fsp3) is 0. The van der Waals surface area contributed by atoms with Crippen molar-refractivity contribution in [1.82, 2.24) is 0 Å². The monoisotopic (exact) mass is 282 g/mol. The van der Waals surface area contributed by atoms with Gasteiger partial charge in [-0.15, -0.1) is 0 Å². The molecule has 0 unspecified atom stereocenters. The van der Waals surface area contributed by atoms with Crippen molar-refractivity contribution in [2.24, 2.45) is 0 Å². The van der Waals surface area contributed by atoms with Crippen molar-refractivity contribution in [2.75, 3.05) is 0 Å². The molecule has 0 spiro atoms. The molecule has 6 heteroatoms. The van der Waals surface area contributed by atoms with Gasteiger partial charge in [-0.3, -0.25) is 4.46 Å². The van der Waals surface area contributed by atoms with Gasteiger partial charge in [0.05, 0.1) is 0 Å². The fourth-order valence-corrected chi connectivity index (χ4v) is 0. The van der Waals surface area contributed by atoms with Crippen LogP contribution in [0.2, 0.25) is 0 Å². The normalized spacial score (nSPS) is 4.00. The van der Waals surface area contributed by atoms with Crippen molar-refractivity contribution in [3.63, 3.8) is 0 Å². The molecule has 0 amide bonds. The van der Waals surface area contributed by atoms with Gasteiger partial charge in [0.2, 0.25) is 0 Å². The van der Waals surface area contributed by atoms with E-state index in [-0.39, 0.29) is 64.3 Å². The first-order chi connectivity index (χ1) is 1.73. The largest absolute Gasteiger partial charge is 0.761 e. The van der Waals surface area contributed by atoms with Gasteiger partial charge in [0, 0.05) is 46.9 Å². The first-order valence-corrected chi connectivity index (χ1v) is 1.95. The fourth-order valence-electron chi connectivity index (χ4n) is 0. The van der Waals surface area contributed by atoms with Crippen LogP contribution in [0.15, 0.2) is 0 Å². The van der Waals surface area contributed by atoms with Crippen LogP contribution in [0.4, 0.5) is 0 Å². The second-order valence-corrected chi connectivity index (χ2v) is 0.848. The van der Waals surface area contributed by atoms with Crippen LogP contribution in [0.3, 0.4) is 0 Å². The first kappa shape index (κ1) is 15.6. The maximum Gasteiger partial charge on any atom is 0.761 e. The summed E-state index contributed by atoms with van der Waals surface area (Å²) in [6, 6.07) is 0. The summed E-state index contributed by atoms with van der Waals surface area (Å²) >= 11 is 0. The molecule has 2 N–H and O–H groups in total. The summed E-state index contributed by atoms with van der Waals surface area (Å²) < 4.78 is 8.74. The Labute approximate surface area is 86.0 Å². The zero-order valence-electron chi connectivity index (χ0n) is 2.07. The van der Waals surface area contributed by atoms with E-state index in [9.17, 15) is 0 Å². The van der Waals surface area contributed by atoms with Crippen LogP contribution >= 0.6 is 0 Å². The first-order valence-electron chi connectivity index (χ1n) is 0.651. The number of hydrogen-bond donors (Lipinski definition) is 2. The van der Waals surface area contributed by atoms with E-state index in [1.54, 1.807) is 0 Å². The smallest absolute Gasteiger partial charge is 0.511 e. The Hall–Kier alpha value is 1.67. The molecule has 0 aromatic carbocycles. The Morgan fingerprint density at radius 2 is 1.33 bits per heavy atom. The van der Waals surface area contributed by atoms with Gasteiger partial charge in [0.25, 0.3) is 0 Å². The van der Waals surface area contributed by atoms with E-state index in [2.05, 4.69) is 0 Å². The molecule has 0 fully saturated rings. The minimum Gasteiger partial charge on any atom is -0.511 e. The van der Waals surface area contributed by atoms with Crippen molar-refractivity contribution in [2.45, 2.75) is 0 Å². The zero-order chi connectivity index (χ0) is 3.58. The molecule has 0 rings (SSSR count). The summed E-state index contributed by atoms with van der Waals surface area (Å²) in [4.78, 5) is 14.3. The molecule has 0 saturated heterocycles. The van der Waals surface area contributed by atoms with Gasteiger partial charge in [-0.1, -0.05) is 0 Å². The standard InChI is InChI=1S/Al.H2O3Si.Yb.3H/c;1-4(2)3;;;;/h;1-2H;;;;. The van der Waals surface area contributed by atoms with E-state index < -0.39 is 9.17 Å². The molecule has 6 heavy (non-hydrogen) atoms. The third-order valence-electron chi connectivity index (χ3n) is 0. The molecule has 0 radical (unpaired) electrons. The predicted octanol–water partition coefficient (Wildman–Crippen LogP) is -2.80. The second-order valence-electron chi connectivity index (χ2n) is 0.283. The molecular formula is H5AlO3SiYb. The van der Waals surface area contributed by atoms with Crippen molar-refractivity contribution in [3.05, 3.63) is 0 Å². The molecule has 0 aliphatic heterocycles. The summed E-state index contributed by atoms with van der Waals surface area (Å²) in [6.07, 6.45) is 0.